The number of piperidine rings is 1. The van der Waals surface area contributed by atoms with Gasteiger partial charge in [0.05, 0.1) is 13.7 Å². The number of nitrogens with zero attached hydrogens (tertiary/aromatic N) is 1. The molecule has 0 bridgehead atoms. The molecule has 122 valence electrons. The monoisotopic (exact) mass is 322 g/mol. The summed E-state index contributed by atoms with van der Waals surface area (Å²) in [5.41, 5.74) is 0. The van der Waals surface area contributed by atoms with Crippen molar-refractivity contribution >= 4 is 22.0 Å². The highest BCUT2D eigenvalue weighted by Gasteiger charge is 2.37. The molecule has 1 heterocycles. The summed E-state index contributed by atoms with van der Waals surface area (Å²) < 4.78 is 30.4. The van der Waals surface area contributed by atoms with Crippen molar-refractivity contribution < 1.29 is 27.9 Å². The molecule has 8 nitrogen and oxygen atoms in total. The first-order chi connectivity index (χ1) is 9.78. The summed E-state index contributed by atoms with van der Waals surface area (Å²) in [7, 11) is -2.58. The third-order valence-electron chi connectivity index (χ3n) is 3.53. The van der Waals surface area contributed by atoms with Crippen molar-refractivity contribution in [3.63, 3.8) is 0 Å². The van der Waals surface area contributed by atoms with Crippen LogP contribution in [0.25, 0.3) is 0 Å². The number of hydrogen-bond donors (Lipinski definition) is 2. The Morgan fingerprint density at radius 3 is 2.71 bits per heavy atom. The van der Waals surface area contributed by atoms with E-state index in [2.05, 4.69) is 10.1 Å². The highest BCUT2D eigenvalue weighted by Crippen LogP contribution is 2.21. The molecule has 2 unspecified atom stereocenters. The molecule has 21 heavy (non-hydrogen) atoms. The Labute approximate surface area is 124 Å². The number of carboxylic acid groups (broad SMARTS) is 1. The van der Waals surface area contributed by atoms with Gasteiger partial charge >= 0.3 is 11.9 Å². The van der Waals surface area contributed by atoms with E-state index in [-0.39, 0.29) is 19.0 Å². The molecule has 0 aromatic heterocycles. The number of ether oxygens (including phenoxy) is 1. The maximum atomic E-state index is 12.3. The Bertz CT molecular complexity index is 478. The van der Waals surface area contributed by atoms with E-state index in [1.54, 1.807) is 0 Å². The van der Waals surface area contributed by atoms with Gasteiger partial charge in [-0.15, -0.1) is 0 Å². The highest BCUT2D eigenvalue weighted by atomic mass is 32.2. The summed E-state index contributed by atoms with van der Waals surface area (Å²) in [6.45, 7) is 2.26. The predicted molar refractivity (Wildman–Crippen MR) is 75.2 cm³/mol. The average Bonchev–Trinajstić information content (AvgIpc) is 2.45. The summed E-state index contributed by atoms with van der Waals surface area (Å²) >= 11 is 0. The molecule has 0 aromatic carbocycles. The molecule has 9 heteroatoms. The van der Waals surface area contributed by atoms with E-state index < -0.39 is 27.2 Å². The van der Waals surface area contributed by atoms with Crippen molar-refractivity contribution in [1.29, 1.82) is 0 Å². The van der Waals surface area contributed by atoms with Crippen molar-refractivity contribution in [2.75, 3.05) is 33.3 Å². The first-order valence-corrected chi connectivity index (χ1v) is 8.28. The minimum atomic E-state index is -3.73. The topological polar surface area (TPSA) is 113 Å². The number of methoxy groups -OCH3 is 1. The minimum Gasteiger partial charge on any atom is -0.480 e. The molecule has 2 atom stereocenters. The standard InChI is InChI=1S/C12H22N2O6S/c1-9(12(17)20-2)21(18,19)14-5-3-4-10(8-14)6-13-7-11(15)16/h9-10,13H,3-8H2,1-2H3,(H,15,16). The zero-order valence-corrected chi connectivity index (χ0v) is 13.1. The minimum absolute atomic E-state index is 0.0396. The van der Waals surface area contributed by atoms with Gasteiger partial charge in [0.25, 0.3) is 0 Å². The third kappa shape index (κ3) is 4.94. The van der Waals surface area contributed by atoms with Gasteiger partial charge in [0.15, 0.2) is 5.25 Å². The van der Waals surface area contributed by atoms with Gasteiger partial charge in [-0.05, 0) is 32.2 Å². The Morgan fingerprint density at radius 2 is 2.14 bits per heavy atom. The normalized spacial score (nSPS) is 21.7. The van der Waals surface area contributed by atoms with E-state index in [1.165, 1.54) is 11.2 Å². The van der Waals surface area contributed by atoms with Gasteiger partial charge in [-0.1, -0.05) is 0 Å². The molecule has 0 aliphatic carbocycles. The van der Waals surface area contributed by atoms with Gasteiger partial charge in [0.1, 0.15) is 0 Å². The van der Waals surface area contributed by atoms with Crippen LogP contribution in [0.3, 0.4) is 0 Å². The van der Waals surface area contributed by atoms with Crippen LogP contribution in [-0.4, -0.2) is 68.3 Å². The molecule has 1 rings (SSSR count). The van der Waals surface area contributed by atoms with E-state index >= 15 is 0 Å². The summed E-state index contributed by atoms with van der Waals surface area (Å²) in [4.78, 5) is 21.9. The number of sulfonamides is 1. The molecule has 1 aliphatic rings. The third-order valence-corrected chi connectivity index (χ3v) is 5.67. The smallest absolute Gasteiger partial charge is 0.325 e. The molecule has 1 fully saturated rings. The fourth-order valence-electron chi connectivity index (χ4n) is 2.32. The molecular formula is C12H22N2O6S. The lowest BCUT2D eigenvalue weighted by atomic mass is 10.00. The van der Waals surface area contributed by atoms with E-state index in [4.69, 9.17) is 5.11 Å². The Hall–Kier alpha value is -1.19. The molecule has 0 aromatic rings. The summed E-state index contributed by atoms with van der Waals surface area (Å²) in [6, 6.07) is 0. The van der Waals surface area contributed by atoms with Crippen LogP contribution in [0.15, 0.2) is 0 Å². The van der Waals surface area contributed by atoms with E-state index in [1.807, 2.05) is 0 Å². The Kier molecular flexibility index (Phi) is 6.56. The van der Waals surface area contributed by atoms with Crippen molar-refractivity contribution in [2.45, 2.75) is 25.0 Å². The van der Waals surface area contributed by atoms with Crippen molar-refractivity contribution in [2.24, 2.45) is 5.92 Å². The van der Waals surface area contributed by atoms with E-state index in [9.17, 15) is 18.0 Å². The second-order valence-corrected chi connectivity index (χ2v) is 7.35. The summed E-state index contributed by atoms with van der Waals surface area (Å²) in [5, 5.41) is 10.1. The lowest BCUT2D eigenvalue weighted by molar-refractivity contribution is -0.140. The molecule has 0 amide bonds. The predicted octanol–water partition coefficient (Wildman–Crippen LogP) is -0.736. The van der Waals surface area contributed by atoms with Crippen LogP contribution in [0.2, 0.25) is 0 Å². The van der Waals surface area contributed by atoms with Gasteiger partial charge in [0, 0.05) is 13.1 Å². The lowest BCUT2D eigenvalue weighted by Crippen LogP contribution is -2.48. The number of hydrogen-bond acceptors (Lipinski definition) is 6. The number of rotatable bonds is 7. The molecule has 2 N–H and O–H groups in total. The Morgan fingerprint density at radius 1 is 1.48 bits per heavy atom. The van der Waals surface area contributed by atoms with Crippen molar-refractivity contribution in [3.8, 4) is 0 Å². The fraction of sp³-hybridized carbons (Fsp3) is 0.833. The van der Waals surface area contributed by atoms with Gasteiger partial charge in [-0.3, -0.25) is 9.59 Å². The Balaban J connectivity index is 2.62. The fourth-order valence-corrected chi connectivity index (χ4v) is 3.91. The largest absolute Gasteiger partial charge is 0.480 e. The van der Waals surface area contributed by atoms with Crippen LogP contribution in [0.5, 0.6) is 0 Å². The quantitative estimate of drug-likeness (QED) is 0.594. The zero-order valence-electron chi connectivity index (χ0n) is 12.2. The van der Waals surface area contributed by atoms with E-state index in [0.717, 1.165) is 13.5 Å². The summed E-state index contributed by atoms with van der Waals surface area (Å²) in [5.74, 6) is -1.69. The molecule has 0 spiro atoms. The van der Waals surface area contributed by atoms with Gasteiger partial charge in [0.2, 0.25) is 10.0 Å². The van der Waals surface area contributed by atoms with Crippen molar-refractivity contribution in [3.05, 3.63) is 0 Å². The molecular weight excluding hydrogens is 300 g/mol. The maximum Gasteiger partial charge on any atom is 0.325 e. The van der Waals surface area contributed by atoms with Gasteiger partial charge < -0.3 is 15.2 Å². The second-order valence-electron chi connectivity index (χ2n) is 5.10. The van der Waals surface area contributed by atoms with Gasteiger partial charge in [-0.25, -0.2) is 12.7 Å². The number of nitrogens with one attached hydrogen (secondary N) is 1. The zero-order chi connectivity index (χ0) is 16.0. The molecule has 0 saturated carbocycles. The number of carbonyl (C=O) groups excluding carboxylic acids is 1. The lowest BCUT2D eigenvalue weighted by Gasteiger charge is -2.33. The van der Waals surface area contributed by atoms with Gasteiger partial charge in [-0.2, -0.15) is 0 Å². The first-order valence-electron chi connectivity index (χ1n) is 6.78. The number of carbonyl (C=O) groups is 2. The van der Waals surface area contributed by atoms with E-state index in [0.29, 0.717) is 19.5 Å². The van der Waals surface area contributed by atoms with Crippen LogP contribution < -0.4 is 5.32 Å². The van der Waals surface area contributed by atoms with Crippen molar-refractivity contribution in [1.82, 2.24) is 9.62 Å². The van der Waals surface area contributed by atoms with Crippen LogP contribution in [0.4, 0.5) is 0 Å². The number of esters is 1. The number of aliphatic carboxylic acids is 1. The van der Waals surface area contributed by atoms with Crippen LogP contribution >= 0.6 is 0 Å². The molecule has 1 aliphatic heterocycles. The SMILES string of the molecule is COC(=O)C(C)S(=O)(=O)N1CCCC(CNCC(=O)O)C1. The molecule has 0 radical (unpaired) electrons. The van der Waals surface area contributed by atoms with Crippen LogP contribution in [0.1, 0.15) is 19.8 Å². The second kappa shape index (κ2) is 7.71. The number of carboxylic acids is 1. The van der Waals surface area contributed by atoms with Crippen LogP contribution in [0, 0.1) is 5.92 Å². The first kappa shape index (κ1) is 17.9. The highest BCUT2D eigenvalue weighted by molar-refractivity contribution is 7.90. The molecule has 1 saturated heterocycles. The maximum absolute atomic E-state index is 12.3. The average molecular weight is 322 g/mol. The summed E-state index contributed by atoms with van der Waals surface area (Å²) in [6.07, 6.45) is 1.51. The van der Waals surface area contributed by atoms with Crippen LogP contribution in [-0.2, 0) is 24.3 Å².